The molecule has 0 spiro atoms. The minimum atomic E-state index is 0.529. The molecule has 100 valence electrons. The molecule has 3 nitrogen and oxygen atoms in total. The molecule has 0 atom stereocenters. The van der Waals surface area contributed by atoms with Crippen LogP contribution in [0, 0.1) is 5.92 Å². The molecular weight excluding hydrogens is 314 g/mol. The number of rotatable bonds is 3. The topological polar surface area (TPSA) is 29.0 Å². The summed E-state index contributed by atoms with van der Waals surface area (Å²) >= 11 is 9.69. The van der Waals surface area contributed by atoms with Gasteiger partial charge in [-0.2, -0.15) is 4.98 Å². The first-order valence-electron chi connectivity index (χ1n) is 6.54. The van der Waals surface area contributed by atoms with Gasteiger partial charge in [0, 0.05) is 13.1 Å². The van der Waals surface area contributed by atoms with E-state index in [1.807, 2.05) is 0 Å². The number of hydrogen-bond acceptors (Lipinski definition) is 3. The van der Waals surface area contributed by atoms with Crippen molar-refractivity contribution in [3.8, 4) is 0 Å². The van der Waals surface area contributed by atoms with Crippen LogP contribution in [0.1, 0.15) is 38.8 Å². The van der Waals surface area contributed by atoms with Gasteiger partial charge in [0.15, 0.2) is 0 Å². The van der Waals surface area contributed by atoms with Crippen LogP contribution in [0.25, 0.3) is 0 Å². The van der Waals surface area contributed by atoms with E-state index in [2.05, 4.69) is 44.6 Å². The summed E-state index contributed by atoms with van der Waals surface area (Å²) < 4.78 is 0.846. The Labute approximate surface area is 122 Å². The summed E-state index contributed by atoms with van der Waals surface area (Å²) in [7, 11) is 0. The number of anilines is 1. The van der Waals surface area contributed by atoms with Gasteiger partial charge in [-0.1, -0.05) is 25.4 Å². The van der Waals surface area contributed by atoms with Crippen LogP contribution < -0.4 is 4.90 Å². The van der Waals surface area contributed by atoms with Crippen LogP contribution in [0.5, 0.6) is 0 Å². The van der Waals surface area contributed by atoms with Gasteiger partial charge in [0.05, 0.1) is 10.2 Å². The van der Waals surface area contributed by atoms with Gasteiger partial charge in [-0.3, -0.25) is 0 Å². The maximum Gasteiger partial charge on any atom is 0.227 e. The summed E-state index contributed by atoms with van der Waals surface area (Å²) in [5, 5.41) is 0.529. The Morgan fingerprint density at radius 1 is 1.22 bits per heavy atom. The molecule has 1 aliphatic heterocycles. The molecule has 2 rings (SSSR count). The number of aromatic nitrogens is 2. The van der Waals surface area contributed by atoms with Crippen molar-refractivity contribution in [1.82, 2.24) is 9.97 Å². The summed E-state index contributed by atoms with van der Waals surface area (Å²) in [6.45, 7) is 6.45. The van der Waals surface area contributed by atoms with Crippen molar-refractivity contribution in [3.05, 3.63) is 15.3 Å². The fraction of sp³-hybridized carbons (Fsp3) is 0.692. The number of nitrogens with zero attached hydrogens (tertiary/aromatic N) is 3. The van der Waals surface area contributed by atoms with Crippen LogP contribution in [-0.4, -0.2) is 23.1 Å². The largest absolute Gasteiger partial charge is 0.341 e. The first-order chi connectivity index (χ1) is 8.58. The molecule has 18 heavy (non-hydrogen) atoms. The highest BCUT2D eigenvalue weighted by molar-refractivity contribution is 9.10. The van der Waals surface area contributed by atoms with Gasteiger partial charge in [-0.25, -0.2) is 4.98 Å². The lowest BCUT2D eigenvalue weighted by atomic mass is 10.1. The van der Waals surface area contributed by atoms with Crippen LogP contribution in [0.15, 0.2) is 4.47 Å². The van der Waals surface area contributed by atoms with Gasteiger partial charge in [0.2, 0.25) is 5.95 Å². The van der Waals surface area contributed by atoms with Gasteiger partial charge in [0.1, 0.15) is 5.15 Å². The van der Waals surface area contributed by atoms with Crippen LogP contribution in [0.3, 0.4) is 0 Å². The second kappa shape index (κ2) is 6.20. The molecule has 1 aromatic rings. The zero-order valence-electron chi connectivity index (χ0n) is 10.9. The molecule has 0 amide bonds. The Kier molecular flexibility index (Phi) is 4.84. The molecule has 0 radical (unpaired) electrons. The molecule has 1 fully saturated rings. The van der Waals surface area contributed by atoms with E-state index in [0.717, 1.165) is 35.6 Å². The third-order valence-corrected chi connectivity index (χ3v) is 4.44. The van der Waals surface area contributed by atoms with Crippen molar-refractivity contribution in [2.24, 2.45) is 5.92 Å². The molecule has 2 heterocycles. The Bertz CT molecular complexity index is 417. The van der Waals surface area contributed by atoms with Crippen molar-refractivity contribution >= 4 is 33.5 Å². The summed E-state index contributed by atoms with van der Waals surface area (Å²) in [5.41, 5.74) is 1.02. The summed E-state index contributed by atoms with van der Waals surface area (Å²) in [6.07, 6.45) is 4.66. The molecule has 0 N–H and O–H groups in total. The maximum atomic E-state index is 6.20. The average molecular weight is 333 g/mol. The first-order valence-corrected chi connectivity index (χ1v) is 7.72. The molecule has 1 saturated heterocycles. The van der Waals surface area contributed by atoms with E-state index in [1.54, 1.807) is 0 Å². The van der Waals surface area contributed by atoms with E-state index in [1.165, 1.54) is 19.3 Å². The van der Waals surface area contributed by atoms with Crippen LogP contribution in [0.2, 0.25) is 5.15 Å². The third kappa shape index (κ3) is 3.35. The van der Waals surface area contributed by atoms with Gasteiger partial charge in [-0.05, 0) is 47.5 Å². The van der Waals surface area contributed by atoms with Crippen LogP contribution in [-0.2, 0) is 6.42 Å². The molecule has 0 unspecified atom stereocenters. The highest BCUT2D eigenvalue weighted by atomic mass is 79.9. The van der Waals surface area contributed by atoms with Gasteiger partial charge in [0.25, 0.3) is 0 Å². The fourth-order valence-corrected chi connectivity index (χ4v) is 2.73. The van der Waals surface area contributed by atoms with Crippen LogP contribution >= 0.6 is 27.5 Å². The lowest BCUT2D eigenvalue weighted by molar-refractivity contribution is 0.564. The summed E-state index contributed by atoms with van der Waals surface area (Å²) in [6, 6.07) is 0. The third-order valence-electron chi connectivity index (χ3n) is 3.11. The highest BCUT2D eigenvalue weighted by Crippen LogP contribution is 2.28. The molecular formula is C13H19BrClN3. The number of halogens is 2. The van der Waals surface area contributed by atoms with Gasteiger partial charge < -0.3 is 4.90 Å². The zero-order valence-corrected chi connectivity index (χ0v) is 13.3. The molecule has 0 aromatic carbocycles. The van der Waals surface area contributed by atoms with Crippen LogP contribution in [0.4, 0.5) is 5.95 Å². The van der Waals surface area contributed by atoms with Gasteiger partial charge >= 0.3 is 0 Å². The first kappa shape index (κ1) is 14.1. The van der Waals surface area contributed by atoms with E-state index < -0.39 is 0 Å². The molecule has 0 bridgehead atoms. The lowest BCUT2D eigenvalue weighted by Gasteiger charge is -2.27. The summed E-state index contributed by atoms with van der Waals surface area (Å²) in [4.78, 5) is 11.3. The minimum Gasteiger partial charge on any atom is -0.341 e. The second-order valence-corrected chi connectivity index (χ2v) is 6.37. The van der Waals surface area contributed by atoms with E-state index in [4.69, 9.17) is 11.6 Å². The molecule has 0 saturated carbocycles. The normalized spacial score (nSPS) is 16.4. The van der Waals surface area contributed by atoms with Crippen molar-refractivity contribution < 1.29 is 0 Å². The minimum absolute atomic E-state index is 0.529. The standard InChI is InChI=1S/C13H19BrClN3/c1-9(2)8-10-11(14)12(15)17-13(16-10)18-6-4-3-5-7-18/h9H,3-8H2,1-2H3. The maximum absolute atomic E-state index is 6.20. The van der Waals surface area contributed by atoms with Crippen molar-refractivity contribution in [2.75, 3.05) is 18.0 Å². The second-order valence-electron chi connectivity index (χ2n) is 5.22. The molecule has 1 aliphatic rings. The highest BCUT2D eigenvalue weighted by Gasteiger charge is 2.18. The van der Waals surface area contributed by atoms with E-state index in [9.17, 15) is 0 Å². The smallest absolute Gasteiger partial charge is 0.227 e. The van der Waals surface area contributed by atoms with E-state index >= 15 is 0 Å². The van der Waals surface area contributed by atoms with Crippen molar-refractivity contribution in [1.29, 1.82) is 0 Å². The van der Waals surface area contributed by atoms with E-state index in [-0.39, 0.29) is 0 Å². The Balaban J connectivity index is 2.27. The number of hydrogen-bond donors (Lipinski definition) is 0. The molecule has 0 aliphatic carbocycles. The van der Waals surface area contributed by atoms with Crippen molar-refractivity contribution in [2.45, 2.75) is 39.5 Å². The lowest BCUT2D eigenvalue weighted by Crippen LogP contribution is -2.31. The quantitative estimate of drug-likeness (QED) is 0.781. The monoisotopic (exact) mass is 331 g/mol. The average Bonchev–Trinajstić information content (AvgIpc) is 2.35. The predicted molar refractivity (Wildman–Crippen MR) is 79.3 cm³/mol. The number of piperidine rings is 1. The Hall–Kier alpha value is -0.350. The zero-order chi connectivity index (χ0) is 13.1. The summed E-state index contributed by atoms with van der Waals surface area (Å²) in [5.74, 6) is 1.35. The SMILES string of the molecule is CC(C)Cc1nc(N2CCCCC2)nc(Cl)c1Br. The van der Waals surface area contributed by atoms with E-state index in [0.29, 0.717) is 11.1 Å². The fourth-order valence-electron chi connectivity index (χ4n) is 2.21. The molecule has 1 aromatic heterocycles. The predicted octanol–water partition coefficient (Wildman–Crippen LogP) is 4.08. The Morgan fingerprint density at radius 3 is 2.50 bits per heavy atom. The molecule has 5 heteroatoms. The van der Waals surface area contributed by atoms with Crippen molar-refractivity contribution in [3.63, 3.8) is 0 Å². The van der Waals surface area contributed by atoms with Gasteiger partial charge in [-0.15, -0.1) is 0 Å². The Morgan fingerprint density at radius 2 is 1.89 bits per heavy atom.